The van der Waals surface area contributed by atoms with E-state index in [1.807, 2.05) is 6.08 Å². The third-order valence-corrected chi connectivity index (χ3v) is 5.68. The quantitative estimate of drug-likeness (QED) is 0.166. The molecule has 0 amide bonds. The van der Waals surface area contributed by atoms with Crippen LogP contribution in [0.2, 0.25) is 0 Å². The topological polar surface area (TPSA) is 33.0 Å². The summed E-state index contributed by atoms with van der Waals surface area (Å²) in [6, 6.07) is 7.59. The maximum atomic E-state index is 12.7. The van der Waals surface area contributed by atoms with E-state index in [0.717, 1.165) is 49.5 Å². The summed E-state index contributed by atoms with van der Waals surface area (Å²) in [5.41, 5.74) is 1.03. The van der Waals surface area contributed by atoms with E-state index < -0.39 is 12.2 Å². The van der Waals surface area contributed by atoms with Gasteiger partial charge in [-0.1, -0.05) is 62.8 Å². The molecule has 0 atom stereocenters. The Morgan fingerprint density at radius 2 is 1.67 bits per heavy atom. The van der Waals surface area contributed by atoms with Gasteiger partial charge in [-0.3, -0.25) is 0 Å². The summed E-state index contributed by atoms with van der Waals surface area (Å²) < 4.78 is 53.1. The van der Waals surface area contributed by atoms with Crippen LogP contribution in [-0.4, -0.2) is 6.36 Å². The van der Waals surface area contributed by atoms with E-state index in [1.165, 1.54) is 56.4 Å². The van der Waals surface area contributed by atoms with Crippen molar-refractivity contribution in [2.45, 2.75) is 70.6 Å². The summed E-state index contributed by atoms with van der Waals surface area (Å²) in [4.78, 5) is 0. The number of alkyl halides is 3. The van der Waals surface area contributed by atoms with Gasteiger partial charge in [0, 0.05) is 0 Å². The highest BCUT2D eigenvalue weighted by molar-refractivity contribution is 5.27. The zero-order valence-corrected chi connectivity index (χ0v) is 17.1. The summed E-state index contributed by atoms with van der Waals surface area (Å²) in [7, 11) is 0. The summed E-state index contributed by atoms with van der Waals surface area (Å²) in [5, 5.41) is 8.33. The minimum atomic E-state index is -4.65. The van der Waals surface area contributed by atoms with E-state index in [9.17, 15) is 17.6 Å². The fourth-order valence-electron chi connectivity index (χ4n) is 4.05. The second kappa shape index (κ2) is 12.4. The number of nitrogens with zero attached hydrogens (tertiary/aromatic N) is 1. The SMILES string of the molecule is N#C/C(F)=C/C=C/CC[C@H]1CC[C@H](CCCCc2ccc(OC(F)(F)F)cc2)CC1. The van der Waals surface area contributed by atoms with Crippen LogP contribution >= 0.6 is 0 Å². The van der Waals surface area contributed by atoms with Crippen molar-refractivity contribution in [2.24, 2.45) is 11.8 Å². The third kappa shape index (κ3) is 9.96. The molecule has 2 nitrogen and oxygen atoms in total. The highest BCUT2D eigenvalue weighted by Crippen LogP contribution is 2.34. The van der Waals surface area contributed by atoms with Gasteiger partial charge in [-0.2, -0.15) is 9.65 Å². The van der Waals surface area contributed by atoms with E-state index >= 15 is 0 Å². The predicted molar refractivity (Wildman–Crippen MR) is 109 cm³/mol. The van der Waals surface area contributed by atoms with Gasteiger partial charge in [0.2, 0.25) is 0 Å². The minimum absolute atomic E-state index is 0.177. The molecule has 1 aromatic carbocycles. The van der Waals surface area contributed by atoms with Crippen molar-refractivity contribution >= 4 is 0 Å². The largest absolute Gasteiger partial charge is 0.573 e. The monoisotopic (exact) mass is 423 g/mol. The molecule has 6 heteroatoms. The summed E-state index contributed by atoms with van der Waals surface area (Å²) in [6.07, 6.45) is 11.3. The molecular weight excluding hydrogens is 394 g/mol. The van der Waals surface area contributed by atoms with Crippen LogP contribution in [-0.2, 0) is 6.42 Å². The van der Waals surface area contributed by atoms with Crippen molar-refractivity contribution in [1.82, 2.24) is 0 Å². The zero-order chi connectivity index (χ0) is 21.8. The van der Waals surface area contributed by atoms with Crippen LogP contribution in [0.15, 0.2) is 48.3 Å². The highest BCUT2D eigenvalue weighted by Gasteiger charge is 2.30. The number of rotatable bonds is 10. The lowest BCUT2D eigenvalue weighted by Crippen LogP contribution is -2.17. The Hall–Kier alpha value is -2.29. The molecule has 30 heavy (non-hydrogen) atoms. The predicted octanol–water partition coefficient (Wildman–Crippen LogP) is 7.82. The smallest absolute Gasteiger partial charge is 0.406 e. The summed E-state index contributed by atoms with van der Waals surface area (Å²) in [6.45, 7) is 0. The fourth-order valence-corrected chi connectivity index (χ4v) is 4.05. The van der Waals surface area contributed by atoms with Crippen LogP contribution in [0.3, 0.4) is 0 Å². The van der Waals surface area contributed by atoms with Crippen molar-refractivity contribution in [3.05, 3.63) is 53.9 Å². The maximum Gasteiger partial charge on any atom is 0.573 e. The lowest BCUT2D eigenvalue weighted by Gasteiger charge is -2.28. The molecule has 2 rings (SSSR count). The molecule has 164 valence electrons. The lowest BCUT2D eigenvalue weighted by molar-refractivity contribution is -0.274. The third-order valence-electron chi connectivity index (χ3n) is 5.68. The van der Waals surface area contributed by atoms with Crippen molar-refractivity contribution in [2.75, 3.05) is 0 Å². The molecule has 0 heterocycles. The Labute approximate surface area is 176 Å². The first kappa shape index (κ1) is 24.0. The fraction of sp³-hybridized carbons (Fsp3) is 0.542. The van der Waals surface area contributed by atoms with Crippen molar-refractivity contribution in [3.8, 4) is 11.8 Å². The molecular formula is C24H29F4NO. The molecule has 1 fully saturated rings. The van der Waals surface area contributed by atoms with E-state index in [4.69, 9.17) is 5.26 Å². The summed E-state index contributed by atoms with van der Waals surface area (Å²) >= 11 is 0. The van der Waals surface area contributed by atoms with Crippen LogP contribution in [0.1, 0.15) is 63.4 Å². The van der Waals surface area contributed by atoms with Crippen LogP contribution < -0.4 is 4.74 Å². The van der Waals surface area contributed by atoms with E-state index in [-0.39, 0.29) is 5.75 Å². The second-order valence-electron chi connectivity index (χ2n) is 7.96. The number of allylic oxidation sites excluding steroid dienone is 4. The van der Waals surface area contributed by atoms with Gasteiger partial charge in [-0.15, -0.1) is 13.2 Å². The van der Waals surface area contributed by atoms with Gasteiger partial charge in [0.25, 0.3) is 0 Å². The van der Waals surface area contributed by atoms with Gasteiger partial charge >= 0.3 is 6.36 Å². The van der Waals surface area contributed by atoms with E-state index in [0.29, 0.717) is 0 Å². The van der Waals surface area contributed by atoms with Crippen LogP contribution in [0.4, 0.5) is 17.6 Å². The van der Waals surface area contributed by atoms with Crippen molar-refractivity contribution < 1.29 is 22.3 Å². The van der Waals surface area contributed by atoms with Crippen LogP contribution in [0.5, 0.6) is 5.75 Å². The molecule has 0 radical (unpaired) electrons. The number of halogens is 4. The first-order valence-electron chi connectivity index (χ1n) is 10.6. The van der Waals surface area contributed by atoms with Crippen LogP contribution in [0.25, 0.3) is 0 Å². The molecule has 1 aliphatic rings. The molecule has 0 bridgehead atoms. The van der Waals surface area contributed by atoms with Gasteiger partial charge in [0.05, 0.1) is 0 Å². The molecule has 0 aliphatic heterocycles. The highest BCUT2D eigenvalue weighted by atomic mass is 19.4. The Bertz CT molecular complexity index is 723. The molecule has 0 unspecified atom stereocenters. The van der Waals surface area contributed by atoms with Gasteiger partial charge in [0.1, 0.15) is 11.8 Å². The average molecular weight is 423 g/mol. The first-order chi connectivity index (χ1) is 14.4. The molecule has 0 N–H and O–H groups in total. The number of hydrogen-bond donors (Lipinski definition) is 0. The number of benzene rings is 1. The molecule has 0 saturated heterocycles. The Balaban J connectivity index is 1.56. The Kier molecular flexibility index (Phi) is 9.93. The molecule has 1 saturated carbocycles. The van der Waals surface area contributed by atoms with E-state index in [1.54, 1.807) is 18.2 Å². The maximum absolute atomic E-state index is 12.7. The molecule has 0 spiro atoms. The van der Waals surface area contributed by atoms with Crippen molar-refractivity contribution in [3.63, 3.8) is 0 Å². The minimum Gasteiger partial charge on any atom is -0.406 e. The number of aryl methyl sites for hydroxylation is 1. The average Bonchev–Trinajstić information content (AvgIpc) is 2.72. The Morgan fingerprint density at radius 1 is 1.03 bits per heavy atom. The van der Waals surface area contributed by atoms with Gasteiger partial charge < -0.3 is 4.74 Å². The van der Waals surface area contributed by atoms with Gasteiger partial charge in [0.15, 0.2) is 5.83 Å². The molecule has 0 aromatic heterocycles. The van der Waals surface area contributed by atoms with Gasteiger partial charge in [-0.25, -0.2) is 0 Å². The first-order valence-corrected chi connectivity index (χ1v) is 10.6. The second-order valence-corrected chi connectivity index (χ2v) is 7.96. The van der Waals surface area contributed by atoms with Crippen molar-refractivity contribution in [1.29, 1.82) is 5.26 Å². The normalized spacial score (nSPS) is 20.3. The van der Waals surface area contributed by atoms with E-state index in [2.05, 4.69) is 4.74 Å². The molecule has 1 aliphatic carbocycles. The lowest BCUT2D eigenvalue weighted by atomic mass is 9.78. The number of ether oxygens (including phenoxy) is 1. The zero-order valence-electron chi connectivity index (χ0n) is 17.1. The molecule has 1 aromatic rings. The number of unbranched alkanes of at least 4 members (excludes halogenated alkanes) is 1. The number of hydrogen-bond acceptors (Lipinski definition) is 2. The number of nitriles is 1. The van der Waals surface area contributed by atoms with Crippen LogP contribution in [0, 0.1) is 23.2 Å². The Morgan fingerprint density at radius 3 is 2.27 bits per heavy atom. The standard InChI is InChI=1S/C24H29F4NO/c25-22(18-29)9-3-1-2-6-19-10-12-20(13-11-19)7-4-5-8-21-14-16-23(17-15-21)30-24(26,27)28/h1,3,9,14-17,19-20H,2,4-8,10-13H2/b3-1+,22-9-/t19-,20-. The summed E-state index contributed by atoms with van der Waals surface area (Å²) in [5.74, 6) is 0.559. The van der Waals surface area contributed by atoms with Gasteiger partial charge in [-0.05, 0) is 61.3 Å².